The second-order valence-electron chi connectivity index (χ2n) is 7.12. The molecule has 0 spiro atoms. The summed E-state index contributed by atoms with van der Waals surface area (Å²) < 4.78 is 7.26. The number of hydrogen-bond donors (Lipinski definition) is 2. The van der Waals surface area contributed by atoms with Crippen LogP contribution in [-0.4, -0.2) is 41.3 Å². The van der Waals surface area contributed by atoms with E-state index in [1.54, 1.807) is 17.0 Å². The molecule has 1 saturated heterocycles. The summed E-state index contributed by atoms with van der Waals surface area (Å²) in [4.78, 5) is 31.1. The van der Waals surface area contributed by atoms with E-state index in [0.717, 1.165) is 24.2 Å². The number of urea groups is 1. The van der Waals surface area contributed by atoms with Crippen LogP contribution in [0.5, 0.6) is 5.75 Å². The number of nitrogens with one attached hydrogen (secondary N) is 2. The SMILES string of the molecule is CCn1ccnc(N2CCC(NC(=O)NC3COc4ccccc43)CC2)c1=O. The van der Waals surface area contributed by atoms with Gasteiger partial charge in [0.05, 0.1) is 6.04 Å². The van der Waals surface area contributed by atoms with Gasteiger partial charge in [0.1, 0.15) is 12.4 Å². The number of anilines is 1. The number of aryl methyl sites for hydroxylation is 1. The van der Waals surface area contributed by atoms with E-state index in [9.17, 15) is 9.59 Å². The van der Waals surface area contributed by atoms with Gasteiger partial charge in [0.15, 0.2) is 5.82 Å². The summed E-state index contributed by atoms with van der Waals surface area (Å²) in [5.74, 6) is 1.32. The van der Waals surface area contributed by atoms with Crippen LogP contribution < -0.4 is 25.8 Å². The number of aromatic nitrogens is 2. The number of fused-ring (bicyclic) bond motifs is 1. The van der Waals surface area contributed by atoms with Gasteiger partial charge in [0.2, 0.25) is 0 Å². The molecule has 2 aliphatic heterocycles. The van der Waals surface area contributed by atoms with Gasteiger partial charge in [-0.3, -0.25) is 4.79 Å². The molecule has 1 atom stereocenters. The molecule has 2 aromatic rings. The Hall–Kier alpha value is -3.03. The fraction of sp³-hybridized carbons (Fsp3) is 0.450. The Morgan fingerprint density at radius 1 is 1.25 bits per heavy atom. The van der Waals surface area contributed by atoms with Gasteiger partial charge >= 0.3 is 6.03 Å². The zero-order valence-corrected chi connectivity index (χ0v) is 15.9. The van der Waals surface area contributed by atoms with Crippen LogP contribution in [0.15, 0.2) is 41.5 Å². The van der Waals surface area contributed by atoms with Crippen molar-refractivity contribution in [1.29, 1.82) is 0 Å². The predicted molar refractivity (Wildman–Crippen MR) is 106 cm³/mol. The molecule has 1 unspecified atom stereocenters. The Morgan fingerprint density at radius 2 is 2.04 bits per heavy atom. The van der Waals surface area contributed by atoms with Crippen molar-refractivity contribution >= 4 is 11.8 Å². The summed E-state index contributed by atoms with van der Waals surface area (Å²) in [5.41, 5.74) is 0.948. The maximum absolute atomic E-state index is 12.4. The molecule has 8 heteroatoms. The van der Waals surface area contributed by atoms with Gasteiger partial charge in [-0.1, -0.05) is 18.2 Å². The molecular formula is C20H25N5O3. The van der Waals surface area contributed by atoms with Crippen molar-refractivity contribution < 1.29 is 9.53 Å². The highest BCUT2D eigenvalue weighted by Gasteiger charge is 2.27. The third kappa shape index (κ3) is 3.67. The van der Waals surface area contributed by atoms with Crippen molar-refractivity contribution in [2.45, 2.75) is 38.4 Å². The van der Waals surface area contributed by atoms with Crippen LogP contribution in [0.3, 0.4) is 0 Å². The Balaban J connectivity index is 1.30. The minimum absolute atomic E-state index is 0.0611. The van der Waals surface area contributed by atoms with Gasteiger partial charge in [-0.25, -0.2) is 9.78 Å². The van der Waals surface area contributed by atoms with E-state index in [1.807, 2.05) is 36.1 Å². The van der Waals surface area contributed by atoms with Crippen LogP contribution in [0.25, 0.3) is 0 Å². The number of amides is 2. The zero-order chi connectivity index (χ0) is 19.5. The molecule has 8 nitrogen and oxygen atoms in total. The number of piperidine rings is 1. The van der Waals surface area contributed by atoms with Crippen molar-refractivity contribution in [2.75, 3.05) is 24.6 Å². The lowest BCUT2D eigenvalue weighted by molar-refractivity contribution is 0.226. The quantitative estimate of drug-likeness (QED) is 0.838. The highest BCUT2D eigenvalue weighted by molar-refractivity contribution is 5.75. The Bertz CT molecular complexity index is 905. The van der Waals surface area contributed by atoms with E-state index in [0.29, 0.717) is 32.1 Å². The molecule has 1 fully saturated rings. The van der Waals surface area contributed by atoms with Crippen LogP contribution in [0, 0.1) is 0 Å². The van der Waals surface area contributed by atoms with Crippen molar-refractivity contribution in [3.63, 3.8) is 0 Å². The van der Waals surface area contributed by atoms with E-state index in [4.69, 9.17) is 4.74 Å². The topological polar surface area (TPSA) is 88.5 Å². The van der Waals surface area contributed by atoms with Crippen LogP contribution >= 0.6 is 0 Å². The van der Waals surface area contributed by atoms with E-state index in [-0.39, 0.29) is 23.7 Å². The number of hydrogen-bond acceptors (Lipinski definition) is 5. The van der Waals surface area contributed by atoms with E-state index >= 15 is 0 Å². The Morgan fingerprint density at radius 3 is 2.82 bits per heavy atom. The number of ether oxygens (including phenoxy) is 1. The Kier molecular flexibility index (Phi) is 5.18. The smallest absolute Gasteiger partial charge is 0.315 e. The average molecular weight is 383 g/mol. The Labute approximate surface area is 163 Å². The number of nitrogens with zero attached hydrogens (tertiary/aromatic N) is 3. The maximum Gasteiger partial charge on any atom is 0.315 e. The third-order valence-electron chi connectivity index (χ3n) is 5.37. The summed E-state index contributed by atoms with van der Waals surface area (Å²) in [6.07, 6.45) is 4.91. The summed E-state index contributed by atoms with van der Waals surface area (Å²) in [6, 6.07) is 7.51. The largest absolute Gasteiger partial charge is 0.491 e. The summed E-state index contributed by atoms with van der Waals surface area (Å²) in [6.45, 7) is 4.40. The molecule has 2 amide bonds. The monoisotopic (exact) mass is 383 g/mol. The third-order valence-corrected chi connectivity index (χ3v) is 5.37. The predicted octanol–water partition coefficient (Wildman–Crippen LogP) is 1.66. The lowest BCUT2D eigenvalue weighted by Gasteiger charge is -2.33. The fourth-order valence-corrected chi connectivity index (χ4v) is 3.80. The van der Waals surface area contributed by atoms with Crippen molar-refractivity contribution in [3.05, 3.63) is 52.6 Å². The molecule has 1 aromatic heterocycles. The first-order chi connectivity index (χ1) is 13.7. The fourth-order valence-electron chi connectivity index (χ4n) is 3.80. The van der Waals surface area contributed by atoms with Crippen LogP contribution in [0.4, 0.5) is 10.6 Å². The molecule has 0 bridgehead atoms. The molecule has 2 N–H and O–H groups in total. The van der Waals surface area contributed by atoms with Crippen LogP contribution in [-0.2, 0) is 6.54 Å². The molecule has 3 heterocycles. The lowest BCUT2D eigenvalue weighted by Crippen LogP contribution is -2.49. The molecular weight excluding hydrogens is 358 g/mol. The minimum Gasteiger partial charge on any atom is -0.491 e. The summed E-state index contributed by atoms with van der Waals surface area (Å²) in [7, 11) is 0. The highest BCUT2D eigenvalue weighted by Crippen LogP contribution is 2.31. The molecule has 0 aliphatic carbocycles. The van der Waals surface area contributed by atoms with E-state index in [2.05, 4.69) is 15.6 Å². The number of carbonyl (C=O) groups excluding carboxylic acids is 1. The van der Waals surface area contributed by atoms with Gasteiger partial charge in [0, 0.05) is 43.6 Å². The zero-order valence-electron chi connectivity index (χ0n) is 15.9. The van der Waals surface area contributed by atoms with Gasteiger partial charge in [-0.2, -0.15) is 0 Å². The first-order valence-corrected chi connectivity index (χ1v) is 9.75. The maximum atomic E-state index is 12.4. The molecule has 2 aliphatic rings. The number of carbonyl (C=O) groups is 1. The standard InChI is InChI=1S/C20H25N5O3/c1-2-24-12-9-21-18(19(24)26)25-10-7-14(8-11-25)22-20(27)23-16-13-28-17-6-4-3-5-15(16)17/h3-6,9,12,14,16H,2,7-8,10-11,13H2,1H3,(H2,22,23,27). The summed E-state index contributed by atoms with van der Waals surface area (Å²) in [5, 5.41) is 6.04. The van der Waals surface area contributed by atoms with Gasteiger partial charge in [-0.15, -0.1) is 0 Å². The number of rotatable bonds is 4. The van der Waals surface area contributed by atoms with E-state index < -0.39 is 0 Å². The van der Waals surface area contributed by atoms with Gasteiger partial charge in [-0.05, 0) is 25.8 Å². The normalized spacial score (nSPS) is 19.0. The lowest BCUT2D eigenvalue weighted by atomic mass is 10.1. The van der Waals surface area contributed by atoms with Crippen molar-refractivity contribution in [2.24, 2.45) is 0 Å². The van der Waals surface area contributed by atoms with Crippen molar-refractivity contribution in [1.82, 2.24) is 20.2 Å². The van der Waals surface area contributed by atoms with Crippen LogP contribution in [0.1, 0.15) is 31.4 Å². The number of benzene rings is 1. The second-order valence-corrected chi connectivity index (χ2v) is 7.12. The highest BCUT2D eigenvalue weighted by atomic mass is 16.5. The average Bonchev–Trinajstić information content (AvgIpc) is 3.12. The molecule has 28 heavy (non-hydrogen) atoms. The first-order valence-electron chi connectivity index (χ1n) is 9.75. The molecule has 1 aromatic carbocycles. The number of para-hydroxylation sites is 1. The molecule has 4 rings (SSSR count). The second kappa shape index (κ2) is 7.92. The van der Waals surface area contributed by atoms with Gasteiger partial charge < -0.3 is 24.8 Å². The summed E-state index contributed by atoms with van der Waals surface area (Å²) >= 11 is 0. The van der Waals surface area contributed by atoms with Crippen LogP contribution in [0.2, 0.25) is 0 Å². The molecule has 0 saturated carbocycles. The molecule has 0 radical (unpaired) electrons. The first kappa shape index (κ1) is 18.3. The van der Waals surface area contributed by atoms with Gasteiger partial charge in [0.25, 0.3) is 5.56 Å². The van der Waals surface area contributed by atoms with E-state index in [1.165, 1.54) is 0 Å². The van der Waals surface area contributed by atoms with Crippen molar-refractivity contribution in [3.8, 4) is 5.75 Å². The minimum atomic E-state index is -0.185. The molecule has 148 valence electrons.